The zero-order valence-corrected chi connectivity index (χ0v) is 20.3. The lowest BCUT2D eigenvalue weighted by Crippen LogP contribution is -2.38. The molecule has 35 heavy (non-hydrogen) atoms. The average Bonchev–Trinajstić information content (AvgIpc) is 3.58. The van der Waals surface area contributed by atoms with Crippen molar-refractivity contribution in [1.82, 2.24) is 20.5 Å². The number of H-pyrrole nitrogens is 1. The van der Waals surface area contributed by atoms with Crippen molar-refractivity contribution in [3.05, 3.63) is 65.4 Å². The number of nitrogens with one attached hydrogen (secondary N) is 2. The first-order valence-corrected chi connectivity index (χ1v) is 12.6. The monoisotopic (exact) mass is 489 g/mol. The smallest absolute Gasteiger partial charge is 0.251 e. The molecule has 1 fully saturated rings. The van der Waals surface area contributed by atoms with Crippen LogP contribution in [0, 0.1) is 0 Å². The number of thiophene rings is 1. The van der Waals surface area contributed by atoms with Gasteiger partial charge in [-0.15, -0.1) is 11.3 Å². The summed E-state index contributed by atoms with van der Waals surface area (Å²) in [5.41, 5.74) is 4.28. The Hall–Kier alpha value is -3.56. The van der Waals surface area contributed by atoms with E-state index in [4.69, 9.17) is 4.74 Å². The molecule has 2 N–H and O–H groups in total. The number of hydrogen-bond donors (Lipinski definition) is 2. The standard InChI is InChI=1S/C26H27N5O3S/c1-2-22(29-26(33)17-3-5-23-19(11-17)14-28-30-23)24-6-4-18(13-27-24)20-12-25(35-15-20)31(16-32)21-7-9-34-10-8-21/h3-6,11-16,21-22H,2,7-10H2,1H3,(H,28,30)(H,29,33). The van der Waals surface area contributed by atoms with Gasteiger partial charge in [-0.25, -0.2) is 0 Å². The third kappa shape index (κ3) is 4.96. The van der Waals surface area contributed by atoms with Crippen molar-refractivity contribution >= 4 is 39.6 Å². The van der Waals surface area contributed by atoms with Crippen molar-refractivity contribution in [2.45, 2.75) is 38.3 Å². The van der Waals surface area contributed by atoms with Crippen molar-refractivity contribution in [3.63, 3.8) is 0 Å². The number of aromatic amines is 1. The van der Waals surface area contributed by atoms with Gasteiger partial charge in [-0.1, -0.05) is 13.0 Å². The highest BCUT2D eigenvalue weighted by Crippen LogP contribution is 2.33. The number of ether oxygens (including phenoxy) is 1. The molecule has 9 heteroatoms. The number of carbonyl (C=O) groups is 2. The van der Waals surface area contributed by atoms with Crippen LogP contribution < -0.4 is 10.2 Å². The van der Waals surface area contributed by atoms with E-state index in [1.54, 1.807) is 23.6 Å². The molecular formula is C26H27N5O3S. The number of pyridine rings is 1. The van der Waals surface area contributed by atoms with E-state index in [0.29, 0.717) is 25.2 Å². The van der Waals surface area contributed by atoms with E-state index in [0.717, 1.165) is 52.0 Å². The van der Waals surface area contributed by atoms with Crippen LogP contribution in [-0.4, -0.2) is 46.8 Å². The van der Waals surface area contributed by atoms with Crippen LogP contribution >= 0.6 is 11.3 Å². The van der Waals surface area contributed by atoms with E-state index in [1.807, 2.05) is 53.7 Å². The summed E-state index contributed by atoms with van der Waals surface area (Å²) in [7, 11) is 0. The fourth-order valence-electron chi connectivity index (χ4n) is 4.39. The Balaban J connectivity index is 1.28. The maximum Gasteiger partial charge on any atom is 0.251 e. The largest absolute Gasteiger partial charge is 0.381 e. The molecule has 180 valence electrons. The maximum atomic E-state index is 12.9. The SMILES string of the molecule is CCC(NC(=O)c1ccc2[nH]ncc2c1)c1ccc(-c2csc(N(C=O)C3CCOCC3)c2)cn1. The lowest BCUT2D eigenvalue weighted by Gasteiger charge is -2.30. The van der Waals surface area contributed by atoms with Gasteiger partial charge in [0.05, 0.1) is 28.5 Å². The van der Waals surface area contributed by atoms with Crippen molar-refractivity contribution in [3.8, 4) is 11.1 Å². The number of amides is 2. The van der Waals surface area contributed by atoms with Crippen LogP contribution in [0.5, 0.6) is 0 Å². The Bertz CT molecular complexity index is 1310. The summed E-state index contributed by atoms with van der Waals surface area (Å²) >= 11 is 1.56. The third-order valence-corrected chi connectivity index (χ3v) is 7.37. The van der Waals surface area contributed by atoms with Crippen LogP contribution in [0.2, 0.25) is 0 Å². The summed E-state index contributed by atoms with van der Waals surface area (Å²) in [5.74, 6) is -0.143. The lowest BCUT2D eigenvalue weighted by atomic mass is 10.1. The second-order valence-electron chi connectivity index (χ2n) is 8.61. The van der Waals surface area contributed by atoms with Gasteiger partial charge in [-0.2, -0.15) is 5.10 Å². The third-order valence-electron chi connectivity index (χ3n) is 6.43. The normalized spacial score (nSPS) is 15.1. The first-order valence-electron chi connectivity index (χ1n) is 11.8. The van der Waals surface area contributed by atoms with Crippen LogP contribution in [0.4, 0.5) is 5.00 Å². The zero-order chi connectivity index (χ0) is 24.2. The number of aromatic nitrogens is 3. The van der Waals surface area contributed by atoms with Crippen molar-refractivity contribution < 1.29 is 14.3 Å². The molecule has 1 aliphatic heterocycles. The summed E-state index contributed by atoms with van der Waals surface area (Å²) in [6.07, 6.45) is 6.87. The van der Waals surface area contributed by atoms with Gasteiger partial charge in [0.1, 0.15) is 0 Å². The Morgan fingerprint density at radius 3 is 2.83 bits per heavy atom. The van der Waals surface area contributed by atoms with Crippen molar-refractivity contribution in [1.29, 1.82) is 0 Å². The fourth-order valence-corrected chi connectivity index (χ4v) is 5.35. The minimum atomic E-state index is -0.200. The van der Waals surface area contributed by atoms with Crippen LogP contribution in [0.1, 0.15) is 48.3 Å². The molecule has 3 aromatic heterocycles. The molecule has 1 saturated heterocycles. The van der Waals surface area contributed by atoms with Gasteiger partial charge in [-0.05, 0) is 55.2 Å². The lowest BCUT2D eigenvalue weighted by molar-refractivity contribution is -0.108. The topological polar surface area (TPSA) is 100 Å². The number of nitrogens with zero attached hydrogens (tertiary/aromatic N) is 3. The minimum absolute atomic E-state index is 0.143. The molecule has 0 radical (unpaired) electrons. The van der Waals surface area contributed by atoms with Crippen LogP contribution in [-0.2, 0) is 9.53 Å². The predicted octanol–water partition coefficient (Wildman–Crippen LogP) is 4.71. The van der Waals surface area contributed by atoms with Gasteiger partial charge in [0.15, 0.2) is 0 Å². The molecule has 0 saturated carbocycles. The summed E-state index contributed by atoms with van der Waals surface area (Å²) in [4.78, 5) is 31.1. The van der Waals surface area contributed by atoms with E-state index in [1.165, 1.54) is 0 Å². The Labute approximate surface area is 207 Å². The van der Waals surface area contributed by atoms with Gasteiger partial charge in [0.2, 0.25) is 6.41 Å². The molecule has 0 bridgehead atoms. The molecule has 4 heterocycles. The van der Waals surface area contributed by atoms with Gasteiger partial charge in [-0.3, -0.25) is 19.7 Å². The highest BCUT2D eigenvalue weighted by Gasteiger charge is 2.23. The summed E-state index contributed by atoms with van der Waals surface area (Å²) < 4.78 is 5.43. The molecule has 0 spiro atoms. The number of rotatable bonds is 8. The molecule has 2 amide bonds. The summed E-state index contributed by atoms with van der Waals surface area (Å²) in [6.45, 7) is 3.40. The van der Waals surface area contributed by atoms with Gasteiger partial charge in [0, 0.05) is 47.3 Å². The van der Waals surface area contributed by atoms with Crippen molar-refractivity contribution in [2.24, 2.45) is 0 Å². The molecule has 1 unspecified atom stereocenters. The van der Waals surface area contributed by atoms with Gasteiger partial charge < -0.3 is 15.0 Å². The van der Waals surface area contributed by atoms with E-state index in [2.05, 4.69) is 20.5 Å². The summed E-state index contributed by atoms with van der Waals surface area (Å²) in [5, 5.41) is 13.9. The maximum absolute atomic E-state index is 12.9. The number of carbonyl (C=O) groups excluding carboxylic acids is 2. The van der Waals surface area contributed by atoms with Crippen LogP contribution in [0.25, 0.3) is 22.0 Å². The Morgan fingerprint density at radius 2 is 2.09 bits per heavy atom. The highest BCUT2D eigenvalue weighted by atomic mass is 32.1. The van der Waals surface area contributed by atoms with Crippen LogP contribution in [0.3, 0.4) is 0 Å². The second-order valence-corrected chi connectivity index (χ2v) is 9.50. The summed E-state index contributed by atoms with van der Waals surface area (Å²) in [6, 6.07) is 11.5. The fraction of sp³-hybridized carbons (Fsp3) is 0.308. The molecule has 1 aromatic carbocycles. The Morgan fingerprint density at radius 1 is 1.23 bits per heavy atom. The van der Waals surface area contributed by atoms with Crippen LogP contribution in [0.15, 0.2) is 54.2 Å². The number of anilines is 1. The molecule has 1 aliphatic rings. The van der Waals surface area contributed by atoms with E-state index < -0.39 is 0 Å². The molecule has 8 nitrogen and oxygen atoms in total. The molecule has 5 rings (SSSR count). The van der Waals surface area contributed by atoms with Gasteiger partial charge >= 0.3 is 0 Å². The minimum Gasteiger partial charge on any atom is -0.381 e. The number of fused-ring (bicyclic) bond motifs is 1. The van der Waals surface area contributed by atoms with Gasteiger partial charge in [0.25, 0.3) is 5.91 Å². The average molecular weight is 490 g/mol. The number of hydrogen-bond acceptors (Lipinski definition) is 6. The van der Waals surface area contributed by atoms with E-state index >= 15 is 0 Å². The van der Waals surface area contributed by atoms with E-state index in [9.17, 15) is 9.59 Å². The highest BCUT2D eigenvalue weighted by molar-refractivity contribution is 7.14. The van der Waals surface area contributed by atoms with E-state index in [-0.39, 0.29) is 18.0 Å². The molecule has 0 aliphatic carbocycles. The molecule has 4 aromatic rings. The quantitative estimate of drug-likeness (QED) is 0.349. The predicted molar refractivity (Wildman–Crippen MR) is 137 cm³/mol. The molecular weight excluding hydrogens is 462 g/mol. The number of benzene rings is 1. The molecule has 1 atom stereocenters. The van der Waals surface area contributed by atoms with Crippen molar-refractivity contribution in [2.75, 3.05) is 18.1 Å². The first-order chi connectivity index (χ1) is 17.2. The zero-order valence-electron chi connectivity index (χ0n) is 19.4. The first kappa shape index (κ1) is 23.2. The second kappa shape index (κ2) is 10.4. The Kier molecular flexibility index (Phi) is 6.87.